The number of carboxylic acid groups (broad SMARTS) is 1. The predicted octanol–water partition coefficient (Wildman–Crippen LogP) is 4.19. The number of thiophene rings is 1. The van der Waals surface area contributed by atoms with Crippen molar-refractivity contribution in [2.75, 3.05) is 7.05 Å². The second kappa shape index (κ2) is 8.26. The van der Waals surface area contributed by atoms with Gasteiger partial charge in [-0.15, -0.1) is 11.3 Å². The van der Waals surface area contributed by atoms with Gasteiger partial charge in [0.2, 0.25) is 5.91 Å². The van der Waals surface area contributed by atoms with Crippen LogP contribution in [-0.4, -0.2) is 28.9 Å². The van der Waals surface area contributed by atoms with Crippen LogP contribution in [0.25, 0.3) is 0 Å². The summed E-state index contributed by atoms with van der Waals surface area (Å²) in [4.78, 5) is 25.9. The molecule has 1 aromatic heterocycles. The Bertz CT molecular complexity index is 681. The first-order valence-corrected chi connectivity index (χ1v) is 8.87. The van der Waals surface area contributed by atoms with Crippen molar-refractivity contribution >= 4 is 39.1 Å². The molecule has 0 spiro atoms. The van der Waals surface area contributed by atoms with Gasteiger partial charge < -0.3 is 10.0 Å². The summed E-state index contributed by atoms with van der Waals surface area (Å²) in [7, 11) is 1.77. The first kappa shape index (κ1) is 17.7. The Morgan fingerprint density at radius 3 is 2.43 bits per heavy atom. The van der Waals surface area contributed by atoms with Gasteiger partial charge in [0.1, 0.15) is 0 Å². The maximum atomic E-state index is 12.1. The molecule has 0 atom stereocenters. The van der Waals surface area contributed by atoms with Gasteiger partial charge in [-0.3, -0.25) is 4.79 Å². The second-order valence-electron chi connectivity index (χ2n) is 5.31. The lowest BCUT2D eigenvalue weighted by Crippen LogP contribution is -2.26. The first-order chi connectivity index (χ1) is 11.0. The van der Waals surface area contributed by atoms with Crippen LogP contribution in [0.15, 0.2) is 40.2 Å². The standard InChI is InChI=1S/C17H18BrNO3S/c1-19(11-12-5-7-13(8-6-12)17(21)22)16(20)4-2-3-14-9-10-15(18)23-14/h5-10H,2-4,11H2,1H3,(H,21,22). The third-order valence-electron chi connectivity index (χ3n) is 3.49. The number of benzene rings is 1. The Hall–Kier alpha value is -1.66. The molecule has 0 saturated heterocycles. The highest BCUT2D eigenvalue weighted by Gasteiger charge is 2.10. The molecule has 0 aliphatic rings. The van der Waals surface area contributed by atoms with Crippen LogP contribution in [0.2, 0.25) is 0 Å². The van der Waals surface area contributed by atoms with Crippen molar-refractivity contribution in [3.8, 4) is 0 Å². The zero-order valence-corrected chi connectivity index (χ0v) is 15.2. The van der Waals surface area contributed by atoms with E-state index in [4.69, 9.17) is 5.11 Å². The number of halogens is 1. The predicted molar refractivity (Wildman–Crippen MR) is 94.8 cm³/mol. The lowest BCUT2D eigenvalue weighted by atomic mass is 10.1. The monoisotopic (exact) mass is 395 g/mol. The molecule has 0 fully saturated rings. The van der Waals surface area contributed by atoms with Gasteiger partial charge in [0.05, 0.1) is 9.35 Å². The summed E-state index contributed by atoms with van der Waals surface area (Å²) in [5.41, 5.74) is 1.18. The van der Waals surface area contributed by atoms with Gasteiger partial charge >= 0.3 is 5.97 Å². The number of amides is 1. The fraction of sp³-hybridized carbons (Fsp3) is 0.294. The van der Waals surface area contributed by atoms with Gasteiger partial charge in [-0.05, 0) is 58.6 Å². The van der Waals surface area contributed by atoms with E-state index < -0.39 is 5.97 Å². The van der Waals surface area contributed by atoms with Crippen LogP contribution in [0.3, 0.4) is 0 Å². The molecule has 0 aliphatic carbocycles. The maximum Gasteiger partial charge on any atom is 0.335 e. The molecule has 6 heteroatoms. The molecule has 0 aliphatic heterocycles. The third kappa shape index (κ3) is 5.48. The molecule has 0 radical (unpaired) electrons. The average Bonchev–Trinajstić information content (AvgIpc) is 2.93. The van der Waals surface area contributed by atoms with E-state index in [1.807, 2.05) is 6.07 Å². The van der Waals surface area contributed by atoms with Crippen LogP contribution < -0.4 is 0 Å². The minimum atomic E-state index is -0.943. The summed E-state index contributed by atoms with van der Waals surface area (Å²) >= 11 is 5.13. The number of aromatic carboxylic acids is 1. The molecule has 2 rings (SSSR count). The molecule has 23 heavy (non-hydrogen) atoms. The van der Waals surface area contributed by atoms with E-state index >= 15 is 0 Å². The van der Waals surface area contributed by atoms with Crippen LogP contribution >= 0.6 is 27.3 Å². The summed E-state index contributed by atoms with van der Waals surface area (Å²) < 4.78 is 1.11. The van der Waals surface area contributed by atoms with Crippen molar-refractivity contribution in [2.24, 2.45) is 0 Å². The number of carboxylic acids is 1. The van der Waals surface area contributed by atoms with Crippen molar-refractivity contribution in [1.82, 2.24) is 4.90 Å². The van der Waals surface area contributed by atoms with E-state index in [-0.39, 0.29) is 11.5 Å². The second-order valence-corrected chi connectivity index (χ2v) is 7.86. The van der Waals surface area contributed by atoms with E-state index in [9.17, 15) is 9.59 Å². The van der Waals surface area contributed by atoms with Gasteiger partial charge in [-0.25, -0.2) is 4.79 Å². The molecule has 1 amide bonds. The van der Waals surface area contributed by atoms with Gasteiger partial charge in [-0.2, -0.15) is 0 Å². The number of carbonyl (C=O) groups excluding carboxylic acids is 1. The molecular weight excluding hydrogens is 378 g/mol. The zero-order chi connectivity index (χ0) is 16.8. The Morgan fingerprint density at radius 1 is 1.17 bits per heavy atom. The molecule has 4 nitrogen and oxygen atoms in total. The Morgan fingerprint density at radius 2 is 1.87 bits per heavy atom. The fourth-order valence-electron chi connectivity index (χ4n) is 2.21. The lowest BCUT2D eigenvalue weighted by Gasteiger charge is -2.17. The summed E-state index contributed by atoms with van der Waals surface area (Å²) in [6.45, 7) is 0.489. The average molecular weight is 396 g/mol. The van der Waals surface area contributed by atoms with E-state index in [1.165, 1.54) is 4.88 Å². The van der Waals surface area contributed by atoms with E-state index in [1.54, 1.807) is 47.5 Å². The Balaban J connectivity index is 1.78. The van der Waals surface area contributed by atoms with Crippen LogP contribution in [0.4, 0.5) is 0 Å². The number of rotatable bonds is 7. The molecule has 0 bridgehead atoms. The van der Waals surface area contributed by atoms with Crippen molar-refractivity contribution in [3.05, 3.63) is 56.2 Å². The van der Waals surface area contributed by atoms with Crippen LogP contribution in [0.1, 0.15) is 33.6 Å². The molecule has 0 unspecified atom stereocenters. The molecule has 0 saturated carbocycles. The molecule has 1 heterocycles. The molecule has 122 valence electrons. The number of hydrogen-bond donors (Lipinski definition) is 1. The first-order valence-electron chi connectivity index (χ1n) is 7.26. The van der Waals surface area contributed by atoms with Crippen molar-refractivity contribution in [2.45, 2.75) is 25.8 Å². The Labute approximate surface area is 147 Å². The minimum Gasteiger partial charge on any atom is -0.478 e. The summed E-state index contributed by atoms with van der Waals surface area (Å²) in [5, 5.41) is 8.87. The van der Waals surface area contributed by atoms with Crippen LogP contribution in [-0.2, 0) is 17.8 Å². The van der Waals surface area contributed by atoms with Gasteiger partial charge in [0, 0.05) is 24.9 Å². The summed E-state index contributed by atoms with van der Waals surface area (Å²) in [6.07, 6.45) is 2.25. The number of hydrogen-bond acceptors (Lipinski definition) is 3. The lowest BCUT2D eigenvalue weighted by molar-refractivity contribution is -0.130. The third-order valence-corrected chi connectivity index (χ3v) is 5.17. The number of carbonyl (C=O) groups is 2. The normalized spacial score (nSPS) is 10.5. The van der Waals surface area contributed by atoms with Crippen molar-refractivity contribution in [1.29, 1.82) is 0 Å². The van der Waals surface area contributed by atoms with E-state index in [0.717, 1.165) is 22.2 Å². The van der Waals surface area contributed by atoms with Crippen molar-refractivity contribution < 1.29 is 14.7 Å². The summed E-state index contributed by atoms with van der Waals surface area (Å²) in [6, 6.07) is 10.7. The van der Waals surface area contributed by atoms with Crippen LogP contribution in [0, 0.1) is 0 Å². The minimum absolute atomic E-state index is 0.0999. The molecule has 1 N–H and O–H groups in total. The number of aryl methyl sites for hydroxylation is 1. The Kier molecular flexibility index (Phi) is 6.36. The topological polar surface area (TPSA) is 57.6 Å². The summed E-state index contributed by atoms with van der Waals surface area (Å²) in [5.74, 6) is -0.843. The highest BCUT2D eigenvalue weighted by atomic mass is 79.9. The zero-order valence-electron chi connectivity index (χ0n) is 12.8. The maximum absolute atomic E-state index is 12.1. The van der Waals surface area contributed by atoms with Gasteiger partial charge in [-0.1, -0.05) is 12.1 Å². The van der Waals surface area contributed by atoms with E-state index in [0.29, 0.717) is 13.0 Å². The van der Waals surface area contributed by atoms with Gasteiger partial charge in [0.15, 0.2) is 0 Å². The quantitative estimate of drug-likeness (QED) is 0.764. The SMILES string of the molecule is CN(Cc1ccc(C(=O)O)cc1)C(=O)CCCc1ccc(Br)s1. The van der Waals surface area contributed by atoms with Crippen molar-refractivity contribution in [3.63, 3.8) is 0 Å². The molecular formula is C17H18BrNO3S. The number of nitrogens with zero attached hydrogens (tertiary/aromatic N) is 1. The highest BCUT2D eigenvalue weighted by Crippen LogP contribution is 2.23. The van der Waals surface area contributed by atoms with E-state index in [2.05, 4.69) is 22.0 Å². The molecule has 2 aromatic rings. The largest absolute Gasteiger partial charge is 0.478 e. The highest BCUT2D eigenvalue weighted by molar-refractivity contribution is 9.11. The smallest absolute Gasteiger partial charge is 0.335 e. The fourth-order valence-corrected chi connectivity index (χ4v) is 3.73. The van der Waals surface area contributed by atoms with Gasteiger partial charge in [0.25, 0.3) is 0 Å². The molecule has 1 aromatic carbocycles. The van der Waals surface area contributed by atoms with Crippen LogP contribution in [0.5, 0.6) is 0 Å².